The third-order valence-electron chi connectivity index (χ3n) is 4.65. The maximum Gasteiger partial charge on any atom is 0.0726 e. The molecule has 2 unspecified atom stereocenters. The van der Waals surface area contributed by atoms with Gasteiger partial charge in [-0.2, -0.15) is 5.10 Å². The van der Waals surface area contributed by atoms with E-state index in [-0.39, 0.29) is 5.41 Å². The van der Waals surface area contributed by atoms with Gasteiger partial charge in [-0.05, 0) is 26.3 Å². The number of aryl methyl sites for hydroxylation is 1. The van der Waals surface area contributed by atoms with Gasteiger partial charge in [-0.1, -0.05) is 33.6 Å². The van der Waals surface area contributed by atoms with Crippen LogP contribution in [0, 0.1) is 0 Å². The lowest BCUT2D eigenvalue weighted by Gasteiger charge is -2.35. The van der Waals surface area contributed by atoms with E-state index in [1.807, 2.05) is 11.7 Å². The van der Waals surface area contributed by atoms with E-state index in [2.05, 4.69) is 38.8 Å². The summed E-state index contributed by atoms with van der Waals surface area (Å²) in [5.74, 6) is 0. The molecule has 1 fully saturated rings. The minimum absolute atomic E-state index is 0.0547. The van der Waals surface area contributed by atoms with Gasteiger partial charge in [-0.25, -0.2) is 0 Å². The van der Waals surface area contributed by atoms with E-state index in [0.29, 0.717) is 18.6 Å². The van der Waals surface area contributed by atoms with Crippen LogP contribution in [0.15, 0.2) is 6.20 Å². The first kappa shape index (κ1) is 16.5. The molecule has 1 aliphatic heterocycles. The van der Waals surface area contributed by atoms with Crippen molar-refractivity contribution in [1.82, 2.24) is 14.7 Å². The first-order chi connectivity index (χ1) is 9.84. The molecule has 0 bridgehead atoms. The maximum absolute atomic E-state index is 6.19. The van der Waals surface area contributed by atoms with Gasteiger partial charge in [0.05, 0.1) is 11.7 Å². The smallest absolute Gasteiger partial charge is 0.0726 e. The topological polar surface area (TPSA) is 47.1 Å². The molecule has 1 aliphatic rings. The normalized spacial score (nSPS) is 23.0. The molecule has 0 radical (unpaired) electrons. The monoisotopic (exact) mass is 292 g/mol. The van der Waals surface area contributed by atoms with Crippen LogP contribution in [0.2, 0.25) is 0 Å². The molecule has 0 saturated carbocycles. The van der Waals surface area contributed by atoms with E-state index in [1.165, 1.54) is 36.9 Å². The highest BCUT2D eigenvalue weighted by Gasteiger charge is 2.31. The van der Waals surface area contributed by atoms with E-state index in [0.717, 1.165) is 6.54 Å². The zero-order valence-corrected chi connectivity index (χ0v) is 14.4. The zero-order valence-electron chi connectivity index (χ0n) is 14.4. The van der Waals surface area contributed by atoms with Crippen molar-refractivity contribution in [1.29, 1.82) is 0 Å². The van der Waals surface area contributed by atoms with Gasteiger partial charge in [-0.15, -0.1) is 0 Å². The lowest BCUT2D eigenvalue weighted by Crippen LogP contribution is -2.40. The molecule has 1 saturated heterocycles. The van der Waals surface area contributed by atoms with Crippen molar-refractivity contribution in [2.24, 2.45) is 12.8 Å². The van der Waals surface area contributed by atoms with Gasteiger partial charge in [0.25, 0.3) is 0 Å². The van der Waals surface area contributed by atoms with E-state index >= 15 is 0 Å². The average molecular weight is 292 g/mol. The SMILES string of the molecule is CC1CCCCCN1C(CN)c1cn(C)nc1C(C)(C)C. The van der Waals surface area contributed by atoms with Crippen LogP contribution in [0.3, 0.4) is 0 Å². The molecule has 2 atom stereocenters. The first-order valence-corrected chi connectivity index (χ1v) is 8.34. The summed E-state index contributed by atoms with van der Waals surface area (Å²) >= 11 is 0. The van der Waals surface area contributed by atoms with Gasteiger partial charge >= 0.3 is 0 Å². The fourth-order valence-electron chi connectivity index (χ4n) is 3.53. The second kappa shape index (κ2) is 6.49. The summed E-state index contributed by atoms with van der Waals surface area (Å²) in [4.78, 5) is 2.61. The quantitative estimate of drug-likeness (QED) is 0.931. The summed E-state index contributed by atoms with van der Waals surface area (Å²) in [7, 11) is 2.01. The van der Waals surface area contributed by atoms with E-state index < -0.39 is 0 Å². The lowest BCUT2D eigenvalue weighted by molar-refractivity contribution is 0.149. The Hall–Kier alpha value is -0.870. The van der Waals surface area contributed by atoms with Gasteiger partial charge in [0.15, 0.2) is 0 Å². The van der Waals surface area contributed by atoms with Crippen LogP contribution in [-0.2, 0) is 12.5 Å². The Bertz CT molecular complexity index is 458. The van der Waals surface area contributed by atoms with Gasteiger partial charge < -0.3 is 5.73 Å². The Balaban J connectivity index is 2.36. The fourth-order valence-corrected chi connectivity index (χ4v) is 3.53. The van der Waals surface area contributed by atoms with E-state index in [4.69, 9.17) is 10.8 Å². The first-order valence-electron chi connectivity index (χ1n) is 8.34. The second-order valence-electron chi connectivity index (χ2n) is 7.54. The molecule has 1 aromatic rings. The summed E-state index contributed by atoms with van der Waals surface area (Å²) in [6, 6.07) is 0.898. The molecule has 120 valence electrons. The molecule has 4 nitrogen and oxygen atoms in total. The minimum Gasteiger partial charge on any atom is -0.329 e. The number of hydrogen-bond donors (Lipinski definition) is 1. The number of likely N-dealkylation sites (tertiary alicyclic amines) is 1. The van der Waals surface area contributed by atoms with Crippen LogP contribution >= 0.6 is 0 Å². The molecule has 0 amide bonds. The minimum atomic E-state index is 0.0547. The molecule has 1 aromatic heterocycles. The molecule has 0 aliphatic carbocycles. The number of nitrogens with two attached hydrogens (primary N) is 1. The Morgan fingerprint density at radius 3 is 2.67 bits per heavy atom. The highest BCUT2D eigenvalue weighted by Crippen LogP contribution is 2.33. The zero-order chi connectivity index (χ0) is 15.6. The molecular formula is C17H32N4. The van der Waals surface area contributed by atoms with Crippen molar-refractivity contribution in [2.75, 3.05) is 13.1 Å². The summed E-state index contributed by atoms with van der Waals surface area (Å²) in [6.07, 6.45) is 7.43. The van der Waals surface area contributed by atoms with Crippen LogP contribution < -0.4 is 5.73 Å². The molecule has 4 heteroatoms. The molecule has 2 heterocycles. The Morgan fingerprint density at radius 1 is 1.33 bits per heavy atom. The van der Waals surface area contributed by atoms with Gasteiger partial charge in [0, 0.05) is 36.8 Å². The second-order valence-corrected chi connectivity index (χ2v) is 7.54. The number of aromatic nitrogens is 2. The van der Waals surface area contributed by atoms with Gasteiger partial charge in [-0.3, -0.25) is 9.58 Å². The number of rotatable bonds is 3. The van der Waals surface area contributed by atoms with Crippen molar-refractivity contribution in [2.45, 2.75) is 70.9 Å². The molecular weight excluding hydrogens is 260 g/mol. The van der Waals surface area contributed by atoms with Crippen molar-refractivity contribution < 1.29 is 0 Å². The lowest BCUT2D eigenvalue weighted by atomic mass is 9.87. The van der Waals surface area contributed by atoms with Crippen LogP contribution in [0.5, 0.6) is 0 Å². The molecule has 21 heavy (non-hydrogen) atoms. The summed E-state index contributed by atoms with van der Waals surface area (Å²) in [5.41, 5.74) is 8.76. The highest BCUT2D eigenvalue weighted by atomic mass is 15.3. The van der Waals surface area contributed by atoms with E-state index in [9.17, 15) is 0 Å². The summed E-state index contributed by atoms with van der Waals surface area (Å²) < 4.78 is 1.95. The molecule has 0 aromatic carbocycles. The predicted molar refractivity (Wildman–Crippen MR) is 88.3 cm³/mol. The standard InChI is InChI=1S/C17H32N4/c1-13-9-7-6-8-10-21(13)15(11-18)14-12-20(5)19-16(14)17(2,3)4/h12-13,15H,6-11,18H2,1-5H3. The summed E-state index contributed by atoms with van der Waals surface area (Å²) in [5, 5.41) is 4.73. The van der Waals surface area contributed by atoms with Gasteiger partial charge in [0.2, 0.25) is 0 Å². The Morgan fingerprint density at radius 2 is 2.05 bits per heavy atom. The van der Waals surface area contributed by atoms with Crippen LogP contribution in [-0.4, -0.2) is 33.8 Å². The van der Waals surface area contributed by atoms with Crippen LogP contribution in [0.25, 0.3) is 0 Å². The van der Waals surface area contributed by atoms with Crippen molar-refractivity contribution >= 4 is 0 Å². The number of nitrogens with zero attached hydrogens (tertiary/aromatic N) is 3. The third-order valence-corrected chi connectivity index (χ3v) is 4.65. The average Bonchev–Trinajstić information content (AvgIpc) is 2.66. The Kier molecular flexibility index (Phi) is 5.10. The molecule has 2 rings (SSSR count). The highest BCUT2D eigenvalue weighted by molar-refractivity contribution is 5.28. The van der Waals surface area contributed by atoms with Crippen molar-refractivity contribution in [3.8, 4) is 0 Å². The van der Waals surface area contributed by atoms with Crippen molar-refractivity contribution in [3.63, 3.8) is 0 Å². The largest absolute Gasteiger partial charge is 0.329 e. The van der Waals surface area contributed by atoms with Crippen LogP contribution in [0.4, 0.5) is 0 Å². The summed E-state index contributed by atoms with van der Waals surface area (Å²) in [6.45, 7) is 10.9. The Labute approximate surface area is 129 Å². The molecule has 2 N–H and O–H groups in total. The van der Waals surface area contributed by atoms with Crippen LogP contribution in [0.1, 0.15) is 70.7 Å². The maximum atomic E-state index is 6.19. The predicted octanol–water partition coefficient (Wildman–Crippen LogP) is 2.98. The molecule has 0 spiro atoms. The number of hydrogen-bond acceptors (Lipinski definition) is 3. The van der Waals surface area contributed by atoms with Crippen molar-refractivity contribution in [3.05, 3.63) is 17.5 Å². The van der Waals surface area contributed by atoms with Gasteiger partial charge in [0.1, 0.15) is 0 Å². The third kappa shape index (κ3) is 3.67. The fraction of sp³-hybridized carbons (Fsp3) is 0.824. The van der Waals surface area contributed by atoms with E-state index in [1.54, 1.807) is 0 Å².